The normalized spacial score (nSPS) is 11.3. The number of rotatable bonds is 7. The van der Waals surface area contributed by atoms with Gasteiger partial charge in [-0.2, -0.15) is 4.98 Å². The molecule has 1 heterocycles. The summed E-state index contributed by atoms with van der Waals surface area (Å²) < 4.78 is 10.5. The molecule has 146 valence electrons. The molecule has 28 heavy (non-hydrogen) atoms. The van der Waals surface area contributed by atoms with E-state index in [0.29, 0.717) is 42.2 Å². The summed E-state index contributed by atoms with van der Waals surface area (Å²) in [5, 5.41) is 11.1. The van der Waals surface area contributed by atoms with Gasteiger partial charge in [0.2, 0.25) is 11.7 Å². The zero-order valence-electron chi connectivity index (χ0n) is 15.8. The van der Waals surface area contributed by atoms with Crippen molar-refractivity contribution in [3.63, 3.8) is 0 Å². The standard InChI is InChI=1S/C20H22ClN5O2/c1-22-20(24-13-14-6-8-17(27-2)9-7-14)23-11-10-18-25-19(26-28-18)15-4-3-5-16(21)12-15/h3-9,12H,10-11,13H2,1-2H3,(H2,22,23,24). The van der Waals surface area contributed by atoms with Gasteiger partial charge in [0.05, 0.1) is 7.11 Å². The van der Waals surface area contributed by atoms with Gasteiger partial charge in [-0.1, -0.05) is 41.0 Å². The van der Waals surface area contributed by atoms with E-state index in [1.807, 2.05) is 36.4 Å². The lowest BCUT2D eigenvalue weighted by Gasteiger charge is -2.11. The van der Waals surface area contributed by atoms with Crippen LogP contribution in [0.4, 0.5) is 0 Å². The van der Waals surface area contributed by atoms with Crippen LogP contribution in [-0.2, 0) is 13.0 Å². The Morgan fingerprint density at radius 2 is 2.00 bits per heavy atom. The van der Waals surface area contributed by atoms with Crippen LogP contribution in [-0.4, -0.2) is 36.8 Å². The molecular formula is C20H22ClN5O2. The molecule has 3 aromatic rings. The Morgan fingerprint density at radius 3 is 2.71 bits per heavy atom. The van der Waals surface area contributed by atoms with E-state index in [4.69, 9.17) is 20.9 Å². The highest BCUT2D eigenvalue weighted by Crippen LogP contribution is 2.19. The molecule has 3 rings (SSSR count). The minimum atomic E-state index is 0.527. The minimum absolute atomic E-state index is 0.527. The van der Waals surface area contributed by atoms with E-state index in [1.165, 1.54) is 0 Å². The molecule has 0 aliphatic rings. The van der Waals surface area contributed by atoms with Gasteiger partial charge < -0.3 is 19.9 Å². The van der Waals surface area contributed by atoms with Crippen LogP contribution in [0.2, 0.25) is 5.02 Å². The average molecular weight is 400 g/mol. The first-order valence-corrected chi connectivity index (χ1v) is 9.21. The minimum Gasteiger partial charge on any atom is -0.497 e. The van der Waals surface area contributed by atoms with Crippen molar-refractivity contribution in [2.45, 2.75) is 13.0 Å². The Morgan fingerprint density at radius 1 is 1.18 bits per heavy atom. The van der Waals surface area contributed by atoms with Gasteiger partial charge >= 0.3 is 0 Å². The van der Waals surface area contributed by atoms with Gasteiger partial charge in [-0.25, -0.2) is 0 Å². The van der Waals surface area contributed by atoms with Crippen molar-refractivity contribution in [1.82, 2.24) is 20.8 Å². The predicted octanol–water partition coefficient (Wildman–Crippen LogP) is 3.31. The summed E-state index contributed by atoms with van der Waals surface area (Å²) in [4.78, 5) is 8.62. The third-order valence-electron chi connectivity index (χ3n) is 4.02. The zero-order chi connectivity index (χ0) is 19.8. The molecule has 0 aliphatic carbocycles. The Bertz CT molecular complexity index is 924. The Kier molecular flexibility index (Phi) is 6.86. The van der Waals surface area contributed by atoms with Gasteiger partial charge in [0.15, 0.2) is 5.96 Å². The summed E-state index contributed by atoms with van der Waals surface area (Å²) in [6, 6.07) is 15.2. The highest BCUT2D eigenvalue weighted by atomic mass is 35.5. The first-order chi connectivity index (χ1) is 13.7. The fourth-order valence-electron chi connectivity index (χ4n) is 2.54. The number of aromatic nitrogens is 2. The van der Waals surface area contributed by atoms with Crippen LogP contribution >= 0.6 is 11.6 Å². The molecule has 0 amide bonds. The van der Waals surface area contributed by atoms with Crippen LogP contribution in [0.15, 0.2) is 58.0 Å². The fraction of sp³-hybridized carbons (Fsp3) is 0.250. The van der Waals surface area contributed by atoms with E-state index in [2.05, 4.69) is 25.8 Å². The van der Waals surface area contributed by atoms with Crippen molar-refractivity contribution in [3.05, 3.63) is 65.0 Å². The molecule has 0 saturated heterocycles. The molecule has 1 aromatic heterocycles. The smallest absolute Gasteiger partial charge is 0.228 e. The van der Waals surface area contributed by atoms with E-state index >= 15 is 0 Å². The predicted molar refractivity (Wildman–Crippen MR) is 110 cm³/mol. The molecule has 2 N–H and O–H groups in total. The molecule has 0 radical (unpaired) electrons. The maximum absolute atomic E-state index is 6.00. The van der Waals surface area contributed by atoms with Crippen molar-refractivity contribution in [2.75, 3.05) is 20.7 Å². The summed E-state index contributed by atoms with van der Waals surface area (Å²) in [5.41, 5.74) is 1.96. The lowest BCUT2D eigenvalue weighted by atomic mass is 10.2. The van der Waals surface area contributed by atoms with Crippen molar-refractivity contribution < 1.29 is 9.26 Å². The van der Waals surface area contributed by atoms with E-state index in [0.717, 1.165) is 16.9 Å². The molecule has 0 atom stereocenters. The van der Waals surface area contributed by atoms with Gasteiger partial charge in [-0.05, 0) is 29.8 Å². The Hall–Kier alpha value is -3.06. The molecule has 0 bridgehead atoms. The second-order valence-electron chi connectivity index (χ2n) is 5.97. The molecular weight excluding hydrogens is 378 g/mol. The lowest BCUT2D eigenvalue weighted by Crippen LogP contribution is -2.37. The molecule has 0 aliphatic heterocycles. The molecule has 2 aromatic carbocycles. The van der Waals surface area contributed by atoms with Crippen LogP contribution in [0.3, 0.4) is 0 Å². The summed E-state index contributed by atoms with van der Waals surface area (Å²) >= 11 is 6.00. The molecule has 7 nitrogen and oxygen atoms in total. The van der Waals surface area contributed by atoms with E-state index in [-0.39, 0.29) is 0 Å². The lowest BCUT2D eigenvalue weighted by molar-refractivity contribution is 0.378. The number of benzene rings is 2. The number of hydrogen-bond donors (Lipinski definition) is 2. The summed E-state index contributed by atoms with van der Waals surface area (Å²) in [7, 11) is 3.38. The van der Waals surface area contributed by atoms with Gasteiger partial charge in [-0.15, -0.1) is 0 Å². The second-order valence-corrected chi connectivity index (χ2v) is 6.41. The quantitative estimate of drug-likeness (QED) is 0.468. The molecule has 0 fully saturated rings. The topological polar surface area (TPSA) is 84.6 Å². The first-order valence-electron chi connectivity index (χ1n) is 8.84. The van der Waals surface area contributed by atoms with Gasteiger partial charge in [0.1, 0.15) is 5.75 Å². The van der Waals surface area contributed by atoms with Crippen LogP contribution in [0.25, 0.3) is 11.4 Å². The Labute approximate surface area is 168 Å². The third-order valence-corrected chi connectivity index (χ3v) is 4.26. The SMILES string of the molecule is CN=C(NCCc1nc(-c2cccc(Cl)c2)no1)NCc1ccc(OC)cc1. The first kappa shape index (κ1) is 19.7. The van der Waals surface area contributed by atoms with Crippen LogP contribution in [0, 0.1) is 0 Å². The number of halogens is 1. The highest BCUT2D eigenvalue weighted by molar-refractivity contribution is 6.30. The number of nitrogens with one attached hydrogen (secondary N) is 2. The van der Waals surface area contributed by atoms with Crippen LogP contribution in [0.5, 0.6) is 5.75 Å². The third kappa shape index (κ3) is 5.47. The molecule has 8 heteroatoms. The number of aliphatic imine (C=N–C) groups is 1. The van der Waals surface area contributed by atoms with Crippen molar-refractivity contribution >= 4 is 17.6 Å². The maximum atomic E-state index is 6.00. The van der Waals surface area contributed by atoms with Gasteiger partial charge in [-0.3, -0.25) is 4.99 Å². The van der Waals surface area contributed by atoms with Gasteiger partial charge in [0, 0.05) is 37.1 Å². The van der Waals surface area contributed by atoms with Crippen molar-refractivity contribution in [2.24, 2.45) is 4.99 Å². The molecule has 0 unspecified atom stereocenters. The van der Waals surface area contributed by atoms with Crippen LogP contribution in [0.1, 0.15) is 11.5 Å². The number of methoxy groups -OCH3 is 1. The van der Waals surface area contributed by atoms with Crippen molar-refractivity contribution in [1.29, 1.82) is 0 Å². The monoisotopic (exact) mass is 399 g/mol. The summed E-state index contributed by atoms with van der Waals surface area (Å²) in [6.45, 7) is 1.27. The summed E-state index contributed by atoms with van der Waals surface area (Å²) in [5.74, 6) is 2.61. The largest absolute Gasteiger partial charge is 0.497 e. The van der Waals surface area contributed by atoms with Gasteiger partial charge in [0.25, 0.3) is 0 Å². The number of hydrogen-bond acceptors (Lipinski definition) is 5. The Balaban J connectivity index is 1.46. The van der Waals surface area contributed by atoms with Crippen molar-refractivity contribution in [3.8, 4) is 17.1 Å². The highest BCUT2D eigenvalue weighted by Gasteiger charge is 2.09. The molecule has 0 saturated carbocycles. The number of guanidine groups is 1. The van der Waals surface area contributed by atoms with E-state index in [9.17, 15) is 0 Å². The van der Waals surface area contributed by atoms with E-state index < -0.39 is 0 Å². The second kappa shape index (κ2) is 9.75. The zero-order valence-corrected chi connectivity index (χ0v) is 16.5. The van der Waals surface area contributed by atoms with E-state index in [1.54, 1.807) is 26.3 Å². The maximum Gasteiger partial charge on any atom is 0.228 e. The van der Waals surface area contributed by atoms with Crippen LogP contribution < -0.4 is 15.4 Å². The number of ether oxygens (including phenoxy) is 1. The number of nitrogens with zero attached hydrogens (tertiary/aromatic N) is 3. The fourth-order valence-corrected chi connectivity index (χ4v) is 2.73. The summed E-state index contributed by atoms with van der Waals surface area (Å²) in [6.07, 6.45) is 0.580. The average Bonchev–Trinajstić information content (AvgIpc) is 3.20. The molecule has 0 spiro atoms.